The van der Waals surface area contributed by atoms with Gasteiger partial charge in [-0.2, -0.15) is 0 Å². The van der Waals surface area contributed by atoms with Crippen LogP contribution >= 0.6 is 0 Å². The predicted octanol–water partition coefficient (Wildman–Crippen LogP) is 3.15. The van der Waals surface area contributed by atoms with Crippen molar-refractivity contribution in [3.63, 3.8) is 0 Å². The molecule has 0 aromatic heterocycles. The van der Waals surface area contributed by atoms with Crippen LogP contribution in [0.4, 0.5) is 4.79 Å². The van der Waals surface area contributed by atoms with Gasteiger partial charge in [-0.25, -0.2) is 4.79 Å². The lowest BCUT2D eigenvalue weighted by atomic mass is 10.1. The number of hydrogen-bond donors (Lipinski definition) is 2. The molecule has 0 saturated carbocycles. The smallest absolute Gasteiger partial charge is 0.317 e. The molecule has 2 aromatic rings. The summed E-state index contributed by atoms with van der Waals surface area (Å²) in [5.74, 6) is 1.52. The molecule has 2 aromatic carbocycles. The van der Waals surface area contributed by atoms with Crippen molar-refractivity contribution >= 4 is 6.03 Å². The number of amides is 2. The molecule has 0 unspecified atom stereocenters. The molecule has 23 heavy (non-hydrogen) atoms. The average molecular weight is 314 g/mol. The molecular weight excluding hydrogens is 292 g/mol. The number of ether oxygens (including phenoxy) is 2. The summed E-state index contributed by atoms with van der Waals surface area (Å²) in [7, 11) is 1.61. The van der Waals surface area contributed by atoms with E-state index in [4.69, 9.17) is 9.47 Å². The number of urea groups is 1. The highest BCUT2D eigenvalue weighted by Gasteiger charge is 2.05. The van der Waals surface area contributed by atoms with Crippen molar-refractivity contribution in [1.82, 2.24) is 10.6 Å². The summed E-state index contributed by atoms with van der Waals surface area (Å²) in [6, 6.07) is 13.1. The van der Waals surface area contributed by atoms with Gasteiger partial charge < -0.3 is 20.1 Å². The highest BCUT2D eigenvalue weighted by Crippen LogP contribution is 2.20. The molecule has 0 radical (unpaired) electrons. The van der Waals surface area contributed by atoms with Gasteiger partial charge in [0.05, 0.1) is 7.11 Å². The fourth-order valence-corrected chi connectivity index (χ4v) is 2.15. The van der Waals surface area contributed by atoms with E-state index in [1.807, 2.05) is 56.3 Å². The quantitative estimate of drug-likeness (QED) is 0.805. The number of methoxy groups -OCH3 is 1. The Balaban J connectivity index is 1.78. The summed E-state index contributed by atoms with van der Waals surface area (Å²) in [4.78, 5) is 11.8. The zero-order valence-electron chi connectivity index (χ0n) is 13.7. The van der Waals surface area contributed by atoms with Crippen LogP contribution in [0.25, 0.3) is 0 Å². The van der Waals surface area contributed by atoms with Crippen LogP contribution in [-0.4, -0.2) is 19.9 Å². The standard InChI is InChI=1S/C18H22N2O3/c1-13-7-6-10-16(14(13)2)23-12-20-18(21)19-11-15-8-4-5-9-17(15)22-3/h4-10H,11-12H2,1-3H3,(H2,19,20,21). The Morgan fingerprint density at radius 2 is 1.74 bits per heavy atom. The van der Waals surface area contributed by atoms with Crippen molar-refractivity contribution in [1.29, 1.82) is 0 Å². The molecule has 0 aliphatic rings. The molecule has 2 N–H and O–H groups in total. The summed E-state index contributed by atoms with van der Waals surface area (Å²) < 4.78 is 10.8. The number of hydrogen-bond acceptors (Lipinski definition) is 3. The monoisotopic (exact) mass is 314 g/mol. The SMILES string of the molecule is COc1ccccc1CNC(=O)NCOc1cccc(C)c1C. The van der Waals surface area contributed by atoms with E-state index in [2.05, 4.69) is 10.6 Å². The van der Waals surface area contributed by atoms with E-state index in [0.29, 0.717) is 6.54 Å². The summed E-state index contributed by atoms with van der Waals surface area (Å²) in [6.07, 6.45) is 0. The van der Waals surface area contributed by atoms with Crippen molar-refractivity contribution in [2.45, 2.75) is 20.4 Å². The molecule has 0 bridgehead atoms. The fraction of sp³-hybridized carbons (Fsp3) is 0.278. The number of carbonyl (C=O) groups is 1. The average Bonchev–Trinajstić information content (AvgIpc) is 2.57. The van der Waals surface area contributed by atoms with Gasteiger partial charge in [-0.1, -0.05) is 30.3 Å². The van der Waals surface area contributed by atoms with E-state index >= 15 is 0 Å². The summed E-state index contributed by atoms with van der Waals surface area (Å²) in [5, 5.41) is 5.45. The second-order valence-corrected chi connectivity index (χ2v) is 5.16. The highest BCUT2D eigenvalue weighted by molar-refractivity contribution is 5.73. The molecular formula is C18H22N2O3. The number of para-hydroxylation sites is 1. The Kier molecular flexibility index (Phi) is 5.86. The van der Waals surface area contributed by atoms with Crippen LogP contribution in [0.3, 0.4) is 0 Å². The van der Waals surface area contributed by atoms with Gasteiger partial charge in [0.15, 0.2) is 6.73 Å². The maximum absolute atomic E-state index is 11.8. The van der Waals surface area contributed by atoms with Crippen LogP contribution in [0.5, 0.6) is 11.5 Å². The summed E-state index contributed by atoms with van der Waals surface area (Å²) >= 11 is 0. The first-order valence-corrected chi connectivity index (χ1v) is 7.44. The highest BCUT2D eigenvalue weighted by atomic mass is 16.5. The summed E-state index contributed by atoms with van der Waals surface area (Å²) in [5.41, 5.74) is 3.15. The first-order chi connectivity index (χ1) is 11.1. The lowest BCUT2D eigenvalue weighted by Gasteiger charge is -2.13. The van der Waals surface area contributed by atoms with E-state index in [0.717, 1.165) is 28.2 Å². The van der Waals surface area contributed by atoms with Crippen LogP contribution in [0.15, 0.2) is 42.5 Å². The molecule has 0 fully saturated rings. The molecule has 5 nitrogen and oxygen atoms in total. The number of rotatable bonds is 6. The van der Waals surface area contributed by atoms with Crippen LogP contribution in [0.1, 0.15) is 16.7 Å². The van der Waals surface area contributed by atoms with E-state index in [1.165, 1.54) is 0 Å². The molecule has 2 rings (SSSR count). The number of aryl methyl sites for hydroxylation is 1. The topological polar surface area (TPSA) is 59.6 Å². The maximum Gasteiger partial charge on any atom is 0.317 e. The van der Waals surface area contributed by atoms with Crippen LogP contribution in [0, 0.1) is 13.8 Å². The zero-order valence-corrected chi connectivity index (χ0v) is 13.7. The third kappa shape index (κ3) is 4.64. The van der Waals surface area contributed by atoms with E-state index in [1.54, 1.807) is 7.11 Å². The van der Waals surface area contributed by atoms with Crippen LogP contribution < -0.4 is 20.1 Å². The molecule has 122 valence electrons. The summed E-state index contributed by atoms with van der Waals surface area (Å²) in [6.45, 7) is 4.52. The van der Waals surface area contributed by atoms with Crippen LogP contribution in [-0.2, 0) is 6.54 Å². The number of benzene rings is 2. The molecule has 5 heteroatoms. The van der Waals surface area contributed by atoms with Gasteiger partial charge in [0.2, 0.25) is 0 Å². The number of nitrogens with one attached hydrogen (secondary N) is 2. The Morgan fingerprint density at radius 3 is 2.52 bits per heavy atom. The van der Waals surface area contributed by atoms with Gasteiger partial charge >= 0.3 is 6.03 Å². The molecule has 0 saturated heterocycles. The van der Waals surface area contributed by atoms with Gasteiger partial charge in [0.1, 0.15) is 11.5 Å². The minimum atomic E-state index is -0.291. The van der Waals surface area contributed by atoms with E-state index in [-0.39, 0.29) is 12.8 Å². The van der Waals surface area contributed by atoms with Crippen molar-refractivity contribution in [2.24, 2.45) is 0 Å². The number of carbonyl (C=O) groups excluding carboxylic acids is 1. The van der Waals surface area contributed by atoms with Gasteiger partial charge in [-0.15, -0.1) is 0 Å². The fourth-order valence-electron chi connectivity index (χ4n) is 2.15. The molecule has 0 atom stereocenters. The van der Waals surface area contributed by atoms with Crippen molar-refractivity contribution in [3.8, 4) is 11.5 Å². The molecule has 0 heterocycles. The lowest BCUT2D eigenvalue weighted by molar-refractivity contribution is 0.223. The maximum atomic E-state index is 11.8. The van der Waals surface area contributed by atoms with E-state index in [9.17, 15) is 4.79 Å². The van der Waals surface area contributed by atoms with Gasteiger partial charge in [-0.3, -0.25) is 0 Å². The molecule has 2 amide bonds. The molecule has 0 aliphatic heterocycles. The second-order valence-electron chi connectivity index (χ2n) is 5.16. The van der Waals surface area contributed by atoms with Gasteiger partial charge in [0.25, 0.3) is 0 Å². The Morgan fingerprint density at radius 1 is 1.00 bits per heavy atom. The Bertz CT molecular complexity index is 671. The van der Waals surface area contributed by atoms with Crippen molar-refractivity contribution < 1.29 is 14.3 Å². The lowest BCUT2D eigenvalue weighted by Crippen LogP contribution is -2.37. The van der Waals surface area contributed by atoms with Crippen molar-refractivity contribution in [3.05, 3.63) is 59.2 Å². The minimum Gasteiger partial charge on any atom is -0.496 e. The first-order valence-electron chi connectivity index (χ1n) is 7.44. The van der Waals surface area contributed by atoms with E-state index < -0.39 is 0 Å². The van der Waals surface area contributed by atoms with Gasteiger partial charge in [-0.05, 0) is 37.1 Å². The largest absolute Gasteiger partial charge is 0.496 e. The third-order valence-corrected chi connectivity index (χ3v) is 3.65. The molecule has 0 spiro atoms. The Labute approximate surface area is 136 Å². The van der Waals surface area contributed by atoms with Crippen LogP contribution in [0.2, 0.25) is 0 Å². The molecule has 0 aliphatic carbocycles. The van der Waals surface area contributed by atoms with Gasteiger partial charge in [0, 0.05) is 12.1 Å². The third-order valence-electron chi connectivity index (χ3n) is 3.65. The predicted molar refractivity (Wildman–Crippen MR) is 89.8 cm³/mol. The second kappa shape index (κ2) is 8.08. The normalized spacial score (nSPS) is 10.0. The van der Waals surface area contributed by atoms with Crippen molar-refractivity contribution in [2.75, 3.05) is 13.8 Å². The Hall–Kier alpha value is -2.69. The first kappa shape index (κ1) is 16.7. The minimum absolute atomic E-state index is 0.113. The zero-order chi connectivity index (χ0) is 16.7.